The van der Waals surface area contributed by atoms with Crippen molar-refractivity contribution in [2.24, 2.45) is 0 Å². The van der Waals surface area contributed by atoms with E-state index in [1.807, 2.05) is 24.3 Å². The number of aldehydes is 1. The zero-order valence-corrected chi connectivity index (χ0v) is 11.4. The highest BCUT2D eigenvalue weighted by atomic mass is 16.1. The minimum atomic E-state index is 0.747. The summed E-state index contributed by atoms with van der Waals surface area (Å²) in [5.74, 6) is 0. The highest BCUT2D eigenvalue weighted by molar-refractivity contribution is 5.74. The second kappa shape index (κ2) is 8.46. The van der Waals surface area contributed by atoms with Gasteiger partial charge < -0.3 is 0 Å². The lowest BCUT2D eigenvalue weighted by Crippen LogP contribution is -1.86. The van der Waals surface area contributed by atoms with E-state index in [-0.39, 0.29) is 0 Å². The van der Waals surface area contributed by atoms with Crippen LogP contribution in [0.4, 0.5) is 0 Å². The Morgan fingerprint density at radius 2 is 1.89 bits per heavy atom. The lowest BCUT2D eigenvalue weighted by Gasteiger charge is -2.01. The maximum atomic E-state index is 10.5. The summed E-state index contributed by atoms with van der Waals surface area (Å²) in [5.41, 5.74) is 3.49. The molecule has 1 aromatic carbocycles. The molecule has 0 unspecified atom stereocenters. The van der Waals surface area contributed by atoms with E-state index in [2.05, 4.69) is 32.1 Å². The third-order valence-electron chi connectivity index (χ3n) is 2.98. The molecule has 0 aliphatic carbocycles. The van der Waals surface area contributed by atoms with E-state index in [0.717, 1.165) is 37.5 Å². The second-order valence-electron chi connectivity index (χ2n) is 4.56. The zero-order chi connectivity index (χ0) is 13.2. The molecule has 0 aliphatic rings. The fraction of sp³-hybridized carbons (Fsp3) is 0.353. The van der Waals surface area contributed by atoms with Gasteiger partial charge in [0.05, 0.1) is 0 Å². The molecular formula is C17H22O. The summed E-state index contributed by atoms with van der Waals surface area (Å²) in [6, 6.07) is 7.83. The van der Waals surface area contributed by atoms with Gasteiger partial charge in [-0.05, 0) is 45.1 Å². The third-order valence-corrected chi connectivity index (χ3v) is 2.98. The van der Waals surface area contributed by atoms with Crippen LogP contribution in [-0.4, -0.2) is 6.29 Å². The van der Waals surface area contributed by atoms with Crippen LogP contribution in [0.2, 0.25) is 0 Å². The molecule has 0 heterocycles. The number of rotatable bonds is 7. The molecule has 0 bridgehead atoms. The highest BCUT2D eigenvalue weighted by Gasteiger charge is 1.94. The van der Waals surface area contributed by atoms with Gasteiger partial charge in [0.15, 0.2) is 0 Å². The summed E-state index contributed by atoms with van der Waals surface area (Å²) in [6.45, 7) is 4.25. The molecule has 0 saturated heterocycles. The first-order valence-corrected chi connectivity index (χ1v) is 6.57. The first kappa shape index (κ1) is 14.4. The Morgan fingerprint density at radius 3 is 2.50 bits per heavy atom. The van der Waals surface area contributed by atoms with Gasteiger partial charge in [-0.15, -0.1) is 0 Å². The summed E-state index contributed by atoms with van der Waals surface area (Å²) in [6.07, 6.45) is 11.9. The van der Waals surface area contributed by atoms with Gasteiger partial charge in [-0.25, -0.2) is 0 Å². The molecule has 0 amide bonds. The lowest BCUT2D eigenvalue weighted by atomic mass is 10.1. The summed E-state index contributed by atoms with van der Waals surface area (Å²) in [5, 5.41) is 0. The molecule has 0 spiro atoms. The number of carbonyl (C=O) groups is 1. The molecule has 0 atom stereocenters. The fourth-order valence-corrected chi connectivity index (χ4v) is 1.83. The molecule has 0 N–H and O–H groups in total. The number of hydrogen-bond donors (Lipinski definition) is 0. The van der Waals surface area contributed by atoms with Gasteiger partial charge in [-0.3, -0.25) is 4.79 Å². The van der Waals surface area contributed by atoms with E-state index in [1.165, 1.54) is 11.1 Å². The SMILES string of the molecule is C/C=C\CC/C(C)=C/CCc1ccc(C=O)cc1. The quantitative estimate of drug-likeness (QED) is 0.499. The van der Waals surface area contributed by atoms with Crippen LogP contribution in [0.3, 0.4) is 0 Å². The Hall–Kier alpha value is -1.63. The number of aryl methyl sites for hydroxylation is 1. The average molecular weight is 242 g/mol. The molecule has 96 valence electrons. The fourth-order valence-electron chi connectivity index (χ4n) is 1.83. The van der Waals surface area contributed by atoms with Crippen molar-refractivity contribution in [2.75, 3.05) is 0 Å². The van der Waals surface area contributed by atoms with E-state index in [9.17, 15) is 4.79 Å². The molecule has 0 radical (unpaired) electrons. The Morgan fingerprint density at radius 1 is 1.17 bits per heavy atom. The first-order chi connectivity index (χ1) is 8.76. The van der Waals surface area contributed by atoms with Crippen molar-refractivity contribution in [3.8, 4) is 0 Å². The predicted molar refractivity (Wildman–Crippen MR) is 78.0 cm³/mol. The van der Waals surface area contributed by atoms with Crippen molar-refractivity contribution >= 4 is 6.29 Å². The molecule has 1 rings (SSSR count). The standard InChI is InChI=1S/C17H22O/c1-3-4-5-7-15(2)8-6-9-16-10-12-17(14-18)13-11-16/h3-4,8,10-14H,5-7,9H2,1-2H3/b4-3-,15-8+. The van der Waals surface area contributed by atoms with Gasteiger partial charge in [-0.1, -0.05) is 48.1 Å². The number of benzene rings is 1. The van der Waals surface area contributed by atoms with Gasteiger partial charge in [0.25, 0.3) is 0 Å². The summed E-state index contributed by atoms with van der Waals surface area (Å²) in [7, 11) is 0. The smallest absolute Gasteiger partial charge is 0.150 e. The van der Waals surface area contributed by atoms with Crippen molar-refractivity contribution in [2.45, 2.75) is 39.5 Å². The number of hydrogen-bond acceptors (Lipinski definition) is 1. The van der Waals surface area contributed by atoms with Gasteiger partial charge >= 0.3 is 0 Å². The molecule has 0 aliphatic heterocycles. The minimum Gasteiger partial charge on any atom is -0.298 e. The van der Waals surface area contributed by atoms with Crippen LogP contribution >= 0.6 is 0 Å². The van der Waals surface area contributed by atoms with Gasteiger partial charge in [0.1, 0.15) is 6.29 Å². The number of carbonyl (C=O) groups excluding carboxylic acids is 1. The first-order valence-electron chi connectivity index (χ1n) is 6.57. The molecule has 18 heavy (non-hydrogen) atoms. The van der Waals surface area contributed by atoms with E-state index in [4.69, 9.17) is 0 Å². The normalized spacial score (nSPS) is 12.0. The maximum Gasteiger partial charge on any atom is 0.150 e. The number of allylic oxidation sites excluding steroid dienone is 4. The van der Waals surface area contributed by atoms with E-state index in [1.54, 1.807) is 0 Å². The maximum absolute atomic E-state index is 10.5. The van der Waals surface area contributed by atoms with E-state index >= 15 is 0 Å². The molecule has 0 aromatic heterocycles. The largest absolute Gasteiger partial charge is 0.298 e. The van der Waals surface area contributed by atoms with Crippen molar-refractivity contribution in [3.63, 3.8) is 0 Å². The summed E-state index contributed by atoms with van der Waals surface area (Å²) in [4.78, 5) is 10.5. The van der Waals surface area contributed by atoms with Crippen LogP contribution in [0.25, 0.3) is 0 Å². The van der Waals surface area contributed by atoms with Crippen LogP contribution in [0, 0.1) is 0 Å². The minimum absolute atomic E-state index is 0.747. The van der Waals surface area contributed by atoms with Crippen LogP contribution < -0.4 is 0 Å². The molecule has 0 saturated carbocycles. The highest BCUT2D eigenvalue weighted by Crippen LogP contribution is 2.10. The van der Waals surface area contributed by atoms with Crippen molar-refractivity contribution in [3.05, 3.63) is 59.2 Å². The molecule has 1 aromatic rings. The summed E-state index contributed by atoms with van der Waals surface area (Å²) >= 11 is 0. The predicted octanol–water partition coefficient (Wildman–Crippen LogP) is 4.73. The average Bonchev–Trinajstić information content (AvgIpc) is 2.40. The van der Waals surface area contributed by atoms with Crippen LogP contribution in [0.15, 0.2) is 48.1 Å². The molecule has 0 fully saturated rings. The van der Waals surface area contributed by atoms with Crippen LogP contribution in [-0.2, 0) is 6.42 Å². The van der Waals surface area contributed by atoms with Crippen LogP contribution in [0.1, 0.15) is 49.0 Å². The third kappa shape index (κ3) is 5.62. The van der Waals surface area contributed by atoms with Crippen LogP contribution in [0.5, 0.6) is 0 Å². The van der Waals surface area contributed by atoms with Gasteiger partial charge in [-0.2, -0.15) is 0 Å². The molecular weight excluding hydrogens is 220 g/mol. The second-order valence-corrected chi connectivity index (χ2v) is 4.56. The Labute approximate surface area is 110 Å². The monoisotopic (exact) mass is 242 g/mol. The molecule has 1 heteroatoms. The van der Waals surface area contributed by atoms with Crippen molar-refractivity contribution in [1.82, 2.24) is 0 Å². The van der Waals surface area contributed by atoms with Gasteiger partial charge in [0.2, 0.25) is 0 Å². The topological polar surface area (TPSA) is 17.1 Å². The van der Waals surface area contributed by atoms with Crippen molar-refractivity contribution in [1.29, 1.82) is 0 Å². The van der Waals surface area contributed by atoms with Crippen molar-refractivity contribution < 1.29 is 4.79 Å². The zero-order valence-electron chi connectivity index (χ0n) is 11.4. The Bertz CT molecular complexity index is 410. The van der Waals surface area contributed by atoms with E-state index in [0.29, 0.717) is 0 Å². The molecule has 1 nitrogen and oxygen atoms in total. The summed E-state index contributed by atoms with van der Waals surface area (Å²) < 4.78 is 0. The van der Waals surface area contributed by atoms with Gasteiger partial charge in [0, 0.05) is 5.56 Å². The Kier molecular flexibility index (Phi) is 6.78. The van der Waals surface area contributed by atoms with E-state index < -0.39 is 0 Å². The lowest BCUT2D eigenvalue weighted by molar-refractivity contribution is 0.112. The Balaban J connectivity index is 2.35.